The summed E-state index contributed by atoms with van der Waals surface area (Å²) >= 11 is 0. The van der Waals surface area contributed by atoms with E-state index in [1.54, 1.807) is 13.2 Å². The summed E-state index contributed by atoms with van der Waals surface area (Å²) in [4.78, 5) is 8.04. The molecule has 10 heavy (non-hydrogen) atoms. The molecule has 0 saturated heterocycles. The van der Waals surface area contributed by atoms with Gasteiger partial charge in [0.1, 0.15) is 0 Å². The number of hydrogen-bond donors (Lipinski definition) is 0. The fraction of sp³-hybridized carbons (Fsp3) is 0.250. The van der Waals surface area contributed by atoms with Gasteiger partial charge in [-0.15, -0.1) is 0 Å². The van der Waals surface area contributed by atoms with Gasteiger partial charge >= 0.3 is 0 Å². The number of rotatable bonds is 0. The van der Waals surface area contributed by atoms with Crippen molar-refractivity contribution in [2.24, 2.45) is 9.98 Å². The quantitative estimate of drug-likeness (QED) is 0.480. The van der Waals surface area contributed by atoms with Gasteiger partial charge in [0.2, 0.25) is 0 Å². The molecule has 0 aromatic carbocycles. The van der Waals surface area contributed by atoms with Crippen LogP contribution in [0.1, 0.15) is 6.92 Å². The Bertz CT molecular complexity index is 206. The van der Waals surface area contributed by atoms with Gasteiger partial charge in [-0.2, -0.15) is 0 Å². The average Bonchev–Trinajstić information content (AvgIpc) is 2.04. The summed E-state index contributed by atoms with van der Waals surface area (Å²) in [6, 6.07) is 0. The molecule has 52 valence electrons. The first-order valence-electron chi connectivity index (χ1n) is 3.21. The maximum absolute atomic E-state index is 4.07. The Morgan fingerprint density at radius 1 is 1.60 bits per heavy atom. The third-order valence-electron chi connectivity index (χ3n) is 1.38. The van der Waals surface area contributed by atoms with E-state index >= 15 is 0 Å². The molecule has 1 heterocycles. The van der Waals surface area contributed by atoms with Crippen LogP contribution < -0.4 is 0 Å². The minimum atomic E-state index is 0.998. The Hall–Kier alpha value is -1.18. The normalized spacial score (nSPS) is 24.6. The highest BCUT2D eigenvalue weighted by atomic mass is 14.7. The van der Waals surface area contributed by atoms with Crippen LogP contribution in [0.25, 0.3) is 0 Å². The lowest BCUT2D eigenvalue weighted by Crippen LogP contribution is -2.02. The molecule has 2 nitrogen and oxygen atoms in total. The highest BCUT2D eigenvalue weighted by Crippen LogP contribution is 2.01. The minimum Gasteiger partial charge on any atom is -0.288 e. The van der Waals surface area contributed by atoms with E-state index in [9.17, 15) is 0 Å². The van der Waals surface area contributed by atoms with Crippen molar-refractivity contribution < 1.29 is 0 Å². The number of hydrogen-bond acceptors (Lipinski definition) is 2. The summed E-state index contributed by atoms with van der Waals surface area (Å²) in [5.41, 5.74) is 2.09. The number of allylic oxidation sites excluding steroid dienone is 3. The van der Waals surface area contributed by atoms with Crippen LogP contribution in [0.4, 0.5) is 0 Å². The van der Waals surface area contributed by atoms with Crippen LogP contribution in [0.2, 0.25) is 0 Å². The topological polar surface area (TPSA) is 24.7 Å². The van der Waals surface area contributed by atoms with Crippen LogP contribution in [-0.4, -0.2) is 19.0 Å². The molecular weight excluding hydrogens is 124 g/mol. The standard InChI is InChI=1S/C8H10N2/c1-3-7-6-10-5-4-8(7)9-2/h3-6H,1-2H3/b7-3-,9-8?. The second-order valence-electron chi connectivity index (χ2n) is 1.95. The van der Waals surface area contributed by atoms with Gasteiger partial charge in [0.05, 0.1) is 5.71 Å². The Balaban J connectivity index is 2.96. The third kappa shape index (κ3) is 1.21. The maximum atomic E-state index is 4.07. The van der Waals surface area contributed by atoms with Gasteiger partial charge in [0.15, 0.2) is 0 Å². The van der Waals surface area contributed by atoms with E-state index in [4.69, 9.17) is 0 Å². The average molecular weight is 134 g/mol. The Morgan fingerprint density at radius 3 is 2.90 bits per heavy atom. The molecule has 1 aliphatic heterocycles. The molecule has 0 amide bonds. The maximum Gasteiger partial charge on any atom is 0.0670 e. The molecule has 0 atom stereocenters. The minimum absolute atomic E-state index is 0.998. The predicted octanol–water partition coefficient (Wildman–Crippen LogP) is 1.60. The van der Waals surface area contributed by atoms with Crippen molar-refractivity contribution in [3.63, 3.8) is 0 Å². The summed E-state index contributed by atoms with van der Waals surface area (Å²) in [5.74, 6) is 0. The summed E-state index contributed by atoms with van der Waals surface area (Å²) in [5, 5.41) is 0. The highest BCUT2D eigenvalue weighted by molar-refractivity contribution is 6.22. The van der Waals surface area contributed by atoms with Crippen molar-refractivity contribution in [3.8, 4) is 0 Å². The zero-order chi connectivity index (χ0) is 7.40. The molecule has 0 aromatic heterocycles. The molecule has 0 spiro atoms. The SMILES string of the molecule is C/C=C1/C=NC=CC1=NC. The lowest BCUT2D eigenvalue weighted by molar-refractivity contribution is 1.42. The van der Waals surface area contributed by atoms with Crippen LogP contribution in [0, 0.1) is 0 Å². The van der Waals surface area contributed by atoms with Gasteiger partial charge in [0, 0.05) is 25.0 Å². The van der Waals surface area contributed by atoms with Crippen LogP contribution in [0.3, 0.4) is 0 Å². The largest absolute Gasteiger partial charge is 0.288 e. The molecule has 1 rings (SSSR count). The fourth-order valence-corrected chi connectivity index (χ4v) is 0.825. The molecule has 0 aliphatic carbocycles. The second-order valence-corrected chi connectivity index (χ2v) is 1.95. The molecule has 0 aromatic rings. The van der Waals surface area contributed by atoms with Crippen LogP contribution >= 0.6 is 0 Å². The van der Waals surface area contributed by atoms with Crippen molar-refractivity contribution in [1.82, 2.24) is 0 Å². The zero-order valence-corrected chi connectivity index (χ0v) is 6.20. The number of aliphatic imine (C=N–C) groups is 2. The smallest absolute Gasteiger partial charge is 0.0670 e. The summed E-state index contributed by atoms with van der Waals surface area (Å²) in [7, 11) is 1.78. The van der Waals surface area contributed by atoms with Crippen molar-refractivity contribution in [3.05, 3.63) is 23.9 Å². The molecule has 2 heteroatoms. The van der Waals surface area contributed by atoms with E-state index in [2.05, 4.69) is 9.98 Å². The lowest BCUT2D eigenvalue weighted by Gasteiger charge is -2.02. The fourth-order valence-electron chi connectivity index (χ4n) is 0.825. The van der Waals surface area contributed by atoms with Crippen LogP contribution in [0.15, 0.2) is 33.9 Å². The first kappa shape index (κ1) is 6.93. The van der Waals surface area contributed by atoms with Crippen molar-refractivity contribution in [2.75, 3.05) is 7.05 Å². The summed E-state index contributed by atoms with van der Waals surface area (Å²) in [6.07, 6.45) is 7.45. The molecular formula is C8H10N2. The van der Waals surface area contributed by atoms with Gasteiger partial charge in [-0.1, -0.05) is 6.08 Å². The second kappa shape index (κ2) is 3.11. The molecule has 0 bridgehead atoms. The van der Waals surface area contributed by atoms with Crippen LogP contribution in [0.5, 0.6) is 0 Å². The first-order valence-corrected chi connectivity index (χ1v) is 3.21. The van der Waals surface area contributed by atoms with Gasteiger partial charge in [0.25, 0.3) is 0 Å². The summed E-state index contributed by atoms with van der Waals surface area (Å²) in [6.45, 7) is 1.98. The zero-order valence-electron chi connectivity index (χ0n) is 6.20. The molecule has 0 N–H and O–H groups in total. The van der Waals surface area contributed by atoms with Gasteiger partial charge in [-0.3, -0.25) is 9.98 Å². The Kier molecular flexibility index (Phi) is 2.15. The number of nitrogens with zero attached hydrogens (tertiary/aromatic N) is 2. The highest BCUT2D eigenvalue weighted by Gasteiger charge is 2.00. The summed E-state index contributed by atoms with van der Waals surface area (Å²) < 4.78 is 0. The predicted molar refractivity (Wildman–Crippen MR) is 44.7 cm³/mol. The van der Waals surface area contributed by atoms with Gasteiger partial charge in [-0.05, 0) is 13.0 Å². The van der Waals surface area contributed by atoms with E-state index in [1.807, 2.05) is 25.3 Å². The Labute approximate surface area is 60.7 Å². The first-order chi connectivity index (χ1) is 4.88. The van der Waals surface area contributed by atoms with E-state index in [1.165, 1.54) is 0 Å². The molecule has 1 aliphatic rings. The van der Waals surface area contributed by atoms with Crippen LogP contribution in [-0.2, 0) is 0 Å². The molecule has 0 saturated carbocycles. The molecule has 0 radical (unpaired) electrons. The Morgan fingerprint density at radius 2 is 2.40 bits per heavy atom. The van der Waals surface area contributed by atoms with Crippen molar-refractivity contribution >= 4 is 11.9 Å². The van der Waals surface area contributed by atoms with Gasteiger partial charge < -0.3 is 0 Å². The van der Waals surface area contributed by atoms with E-state index in [0.29, 0.717) is 0 Å². The van der Waals surface area contributed by atoms with E-state index < -0.39 is 0 Å². The monoisotopic (exact) mass is 134 g/mol. The van der Waals surface area contributed by atoms with Crippen molar-refractivity contribution in [1.29, 1.82) is 0 Å². The van der Waals surface area contributed by atoms with E-state index in [-0.39, 0.29) is 0 Å². The van der Waals surface area contributed by atoms with E-state index in [0.717, 1.165) is 11.3 Å². The van der Waals surface area contributed by atoms with Gasteiger partial charge in [-0.25, -0.2) is 0 Å². The van der Waals surface area contributed by atoms with Crippen molar-refractivity contribution in [2.45, 2.75) is 6.92 Å². The molecule has 0 unspecified atom stereocenters. The third-order valence-corrected chi connectivity index (χ3v) is 1.38. The lowest BCUT2D eigenvalue weighted by atomic mass is 10.1. The molecule has 0 fully saturated rings.